The average Bonchev–Trinajstić information content (AvgIpc) is 2.31. The van der Waals surface area contributed by atoms with E-state index < -0.39 is 0 Å². The first-order valence-corrected chi connectivity index (χ1v) is 6.72. The van der Waals surface area contributed by atoms with Crippen LogP contribution in [0.1, 0.15) is 44.4 Å². The summed E-state index contributed by atoms with van der Waals surface area (Å²) >= 11 is 3.56. The molecule has 96 valence electrons. The van der Waals surface area contributed by atoms with Gasteiger partial charge in [0.05, 0.1) is 7.11 Å². The summed E-state index contributed by atoms with van der Waals surface area (Å²) in [5.74, 6) is 0.875. The fraction of sp³-hybridized carbons (Fsp3) is 0.571. The zero-order valence-electron chi connectivity index (χ0n) is 11.3. The smallest absolute Gasteiger partial charge is 0.123 e. The Morgan fingerprint density at radius 3 is 2.47 bits per heavy atom. The summed E-state index contributed by atoms with van der Waals surface area (Å²) in [7, 11) is 1.69. The van der Waals surface area contributed by atoms with Crippen molar-refractivity contribution in [2.75, 3.05) is 7.11 Å². The van der Waals surface area contributed by atoms with Crippen molar-refractivity contribution in [2.24, 2.45) is 11.1 Å². The van der Waals surface area contributed by atoms with Crippen molar-refractivity contribution >= 4 is 15.9 Å². The largest absolute Gasteiger partial charge is 0.496 e. The molecule has 3 heteroatoms. The first-order valence-electron chi connectivity index (χ1n) is 5.93. The van der Waals surface area contributed by atoms with E-state index in [0.29, 0.717) is 0 Å². The molecule has 0 aliphatic carbocycles. The monoisotopic (exact) mass is 299 g/mol. The van der Waals surface area contributed by atoms with Gasteiger partial charge in [0, 0.05) is 16.1 Å². The molecule has 1 aromatic rings. The lowest BCUT2D eigenvalue weighted by molar-refractivity contribution is 0.271. The standard InChI is InChI=1S/C14H22BrNO/c1-6-14(3,4)13(16)10-8-11(15)9(2)7-12(10)17-5/h7-8,13H,6,16H2,1-5H3. The van der Waals surface area contributed by atoms with E-state index in [1.165, 1.54) is 0 Å². The molecule has 0 aliphatic heterocycles. The van der Waals surface area contributed by atoms with Crippen molar-refractivity contribution in [3.8, 4) is 5.75 Å². The van der Waals surface area contributed by atoms with Crippen LogP contribution in [0.15, 0.2) is 16.6 Å². The third-order valence-corrected chi connectivity index (χ3v) is 4.45. The molecule has 0 amide bonds. The Kier molecular flexibility index (Phi) is 4.62. The van der Waals surface area contributed by atoms with E-state index in [-0.39, 0.29) is 11.5 Å². The molecule has 0 aromatic heterocycles. The predicted molar refractivity (Wildman–Crippen MR) is 76.4 cm³/mol. The van der Waals surface area contributed by atoms with Crippen molar-refractivity contribution in [2.45, 2.75) is 40.2 Å². The maximum atomic E-state index is 6.38. The Hall–Kier alpha value is -0.540. The topological polar surface area (TPSA) is 35.2 Å². The molecule has 0 saturated carbocycles. The predicted octanol–water partition coefficient (Wildman–Crippen LogP) is 4.20. The van der Waals surface area contributed by atoms with Crippen LogP contribution in [0, 0.1) is 12.3 Å². The molecule has 2 N–H and O–H groups in total. The minimum absolute atomic E-state index is 0.0284. The number of ether oxygens (including phenoxy) is 1. The maximum absolute atomic E-state index is 6.38. The summed E-state index contributed by atoms with van der Waals surface area (Å²) in [4.78, 5) is 0. The summed E-state index contributed by atoms with van der Waals surface area (Å²) in [6, 6.07) is 4.08. The van der Waals surface area contributed by atoms with Crippen molar-refractivity contribution in [1.82, 2.24) is 0 Å². The summed E-state index contributed by atoms with van der Waals surface area (Å²) in [5.41, 5.74) is 8.66. The van der Waals surface area contributed by atoms with E-state index in [0.717, 1.165) is 27.8 Å². The van der Waals surface area contributed by atoms with E-state index in [4.69, 9.17) is 10.5 Å². The number of methoxy groups -OCH3 is 1. The van der Waals surface area contributed by atoms with E-state index in [1.54, 1.807) is 7.11 Å². The molecule has 2 nitrogen and oxygen atoms in total. The number of aryl methyl sites for hydroxylation is 1. The van der Waals surface area contributed by atoms with Gasteiger partial charge in [-0.3, -0.25) is 0 Å². The molecular formula is C14H22BrNO. The zero-order valence-corrected chi connectivity index (χ0v) is 12.9. The lowest BCUT2D eigenvalue weighted by Gasteiger charge is -2.32. The summed E-state index contributed by atoms with van der Waals surface area (Å²) in [6.07, 6.45) is 1.03. The SMILES string of the molecule is CCC(C)(C)C(N)c1cc(Br)c(C)cc1OC. The van der Waals surface area contributed by atoms with Gasteiger partial charge in [0.25, 0.3) is 0 Å². The van der Waals surface area contributed by atoms with E-state index in [9.17, 15) is 0 Å². The maximum Gasteiger partial charge on any atom is 0.123 e. The molecule has 0 fully saturated rings. The molecule has 17 heavy (non-hydrogen) atoms. The zero-order chi connectivity index (χ0) is 13.2. The van der Waals surface area contributed by atoms with E-state index in [2.05, 4.69) is 42.8 Å². The summed E-state index contributed by atoms with van der Waals surface area (Å²) < 4.78 is 6.52. The highest BCUT2D eigenvalue weighted by molar-refractivity contribution is 9.10. The van der Waals surface area contributed by atoms with Crippen LogP contribution < -0.4 is 10.5 Å². The number of benzene rings is 1. The quantitative estimate of drug-likeness (QED) is 0.904. The van der Waals surface area contributed by atoms with Gasteiger partial charge in [-0.05, 0) is 36.5 Å². The molecule has 1 unspecified atom stereocenters. The number of hydrogen-bond donors (Lipinski definition) is 1. The van der Waals surface area contributed by atoms with Crippen molar-refractivity contribution in [3.63, 3.8) is 0 Å². The summed E-state index contributed by atoms with van der Waals surface area (Å²) in [5, 5.41) is 0. The molecule has 0 aliphatic rings. The average molecular weight is 300 g/mol. The third-order valence-electron chi connectivity index (χ3n) is 3.60. The van der Waals surface area contributed by atoms with Gasteiger partial charge in [-0.25, -0.2) is 0 Å². The number of nitrogens with two attached hydrogens (primary N) is 1. The minimum atomic E-state index is -0.0284. The van der Waals surface area contributed by atoms with Gasteiger partial charge in [0.1, 0.15) is 5.75 Å². The van der Waals surface area contributed by atoms with Crippen LogP contribution in [0.4, 0.5) is 0 Å². The molecule has 0 radical (unpaired) electrons. The molecule has 0 bridgehead atoms. The molecule has 0 heterocycles. The number of hydrogen-bond acceptors (Lipinski definition) is 2. The van der Waals surface area contributed by atoms with Crippen LogP contribution in [0.3, 0.4) is 0 Å². The highest BCUT2D eigenvalue weighted by Gasteiger charge is 2.28. The van der Waals surface area contributed by atoms with Crippen LogP contribution in [-0.2, 0) is 0 Å². The van der Waals surface area contributed by atoms with Crippen molar-refractivity contribution in [1.29, 1.82) is 0 Å². The highest BCUT2D eigenvalue weighted by atomic mass is 79.9. The molecule has 0 spiro atoms. The minimum Gasteiger partial charge on any atom is -0.496 e. The lowest BCUT2D eigenvalue weighted by atomic mass is 9.78. The van der Waals surface area contributed by atoms with Crippen LogP contribution in [0.25, 0.3) is 0 Å². The van der Waals surface area contributed by atoms with Gasteiger partial charge in [-0.15, -0.1) is 0 Å². The highest BCUT2D eigenvalue weighted by Crippen LogP contribution is 2.40. The Bertz CT molecular complexity index is 401. The van der Waals surface area contributed by atoms with Crippen molar-refractivity contribution in [3.05, 3.63) is 27.7 Å². The van der Waals surface area contributed by atoms with Gasteiger partial charge < -0.3 is 10.5 Å². The van der Waals surface area contributed by atoms with Crippen LogP contribution in [-0.4, -0.2) is 7.11 Å². The molecule has 0 saturated heterocycles. The number of halogens is 1. The van der Waals surface area contributed by atoms with Crippen LogP contribution in [0.5, 0.6) is 5.75 Å². The fourth-order valence-corrected chi connectivity index (χ4v) is 2.09. The first kappa shape index (κ1) is 14.5. The van der Waals surface area contributed by atoms with Gasteiger partial charge in [0.2, 0.25) is 0 Å². The third kappa shape index (κ3) is 3.02. The second-order valence-corrected chi connectivity index (χ2v) is 6.02. The Balaban J connectivity index is 3.25. The summed E-state index contributed by atoms with van der Waals surface area (Å²) in [6.45, 7) is 8.58. The van der Waals surface area contributed by atoms with Gasteiger partial charge in [0.15, 0.2) is 0 Å². The molecule has 1 rings (SSSR count). The van der Waals surface area contributed by atoms with Crippen LogP contribution >= 0.6 is 15.9 Å². The normalized spacial score (nSPS) is 13.6. The van der Waals surface area contributed by atoms with E-state index in [1.807, 2.05) is 13.0 Å². The second-order valence-electron chi connectivity index (χ2n) is 5.16. The Morgan fingerprint density at radius 1 is 1.41 bits per heavy atom. The van der Waals surface area contributed by atoms with Crippen molar-refractivity contribution < 1.29 is 4.74 Å². The molecular weight excluding hydrogens is 278 g/mol. The first-order chi connectivity index (χ1) is 7.83. The van der Waals surface area contributed by atoms with E-state index >= 15 is 0 Å². The molecule has 1 atom stereocenters. The Morgan fingerprint density at radius 2 is 2.00 bits per heavy atom. The Labute approximate surface area is 113 Å². The molecule has 1 aromatic carbocycles. The van der Waals surface area contributed by atoms with Gasteiger partial charge in [-0.2, -0.15) is 0 Å². The second kappa shape index (κ2) is 5.40. The lowest BCUT2D eigenvalue weighted by Crippen LogP contribution is -2.29. The van der Waals surface area contributed by atoms with Gasteiger partial charge in [-0.1, -0.05) is 36.7 Å². The number of rotatable bonds is 4. The fourth-order valence-electron chi connectivity index (χ4n) is 1.73. The van der Waals surface area contributed by atoms with Crippen LogP contribution in [0.2, 0.25) is 0 Å². The van der Waals surface area contributed by atoms with Gasteiger partial charge >= 0.3 is 0 Å².